The minimum absolute atomic E-state index is 0.263. The summed E-state index contributed by atoms with van der Waals surface area (Å²) >= 11 is 3.08. The van der Waals surface area contributed by atoms with Gasteiger partial charge < -0.3 is 9.73 Å². The van der Waals surface area contributed by atoms with Crippen molar-refractivity contribution in [2.45, 2.75) is 23.6 Å². The molecule has 0 aliphatic heterocycles. The Morgan fingerprint density at radius 3 is 2.84 bits per heavy atom. The van der Waals surface area contributed by atoms with Gasteiger partial charge in [0.25, 0.3) is 5.91 Å². The maximum atomic E-state index is 13.0. The van der Waals surface area contributed by atoms with Crippen LogP contribution in [0.4, 0.5) is 0 Å². The Kier molecular flexibility index (Phi) is 5.70. The first-order chi connectivity index (χ1) is 15.7. The smallest absolute Gasteiger partial charge is 0.287 e. The number of furan rings is 1. The van der Waals surface area contributed by atoms with Crippen molar-refractivity contribution in [1.29, 1.82) is 0 Å². The van der Waals surface area contributed by atoms with Gasteiger partial charge in [-0.25, -0.2) is 9.67 Å². The van der Waals surface area contributed by atoms with Crippen LogP contribution in [0.3, 0.4) is 0 Å². The van der Waals surface area contributed by atoms with Crippen molar-refractivity contribution in [2.75, 3.05) is 0 Å². The normalized spacial score (nSPS) is 11.2. The number of rotatable bonds is 7. The van der Waals surface area contributed by atoms with Gasteiger partial charge in [-0.3, -0.25) is 4.79 Å². The molecular formula is C22H18N6O2S2. The molecule has 5 rings (SSSR count). The van der Waals surface area contributed by atoms with Crippen molar-refractivity contribution in [3.63, 3.8) is 0 Å². The molecule has 0 aliphatic rings. The number of aryl methyl sites for hydroxylation is 1. The molecule has 0 fully saturated rings. The summed E-state index contributed by atoms with van der Waals surface area (Å²) in [4.78, 5) is 17.4. The van der Waals surface area contributed by atoms with Crippen molar-refractivity contribution in [2.24, 2.45) is 0 Å². The summed E-state index contributed by atoms with van der Waals surface area (Å²) < 4.78 is 8.47. The number of carbonyl (C=O) groups excluding carboxylic acids is 1. The molecule has 4 aromatic heterocycles. The Bertz CT molecular complexity index is 1360. The third kappa shape index (κ3) is 4.27. The van der Waals surface area contributed by atoms with Crippen LogP contribution >= 0.6 is 23.1 Å². The van der Waals surface area contributed by atoms with Gasteiger partial charge in [0.15, 0.2) is 15.9 Å². The number of para-hydroxylation sites is 1. The van der Waals surface area contributed by atoms with E-state index in [1.54, 1.807) is 28.8 Å². The van der Waals surface area contributed by atoms with Gasteiger partial charge in [-0.15, -0.1) is 10.2 Å². The monoisotopic (exact) mass is 462 g/mol. The number of amides is 1. The molecule has 0 aliphatic carbocycles. The SMILES string of the molecule is Cc1nnc(SCc2c(C(=O)NCc3ccc(-n4cccn4)nc3)oc3ccccc23)s1. The molecule has 0 bridgehead atoms. The van der Waals surface area contributed by atoms with E-state index in [4.69, 9.17) is 4.42 Å². The van der Waals surface area contributed by atoms with Crippen LogP contribution in [-0.4, -0.2) is 30.9 Å². The number of nitrogens with zero attached hydrogens (tertiary/aromatic N) is 5. The van der Waals surface area contributed by atoms with Crippen LogP contribution in [-0.2, 0) is 12.3 Å². The Morgan fingerprint density at radius 1 is 1.19 bits per heavy atom. The average molecular weight is 463 g/mol. The van der Waals surface area contributed by atoms with Crippen LogP contribution in [0.25, 0.3) is 16.8 Å². The van der Waals surface area contributed by atoms with Gasteiger partial charge >= 0.3 is 0 Å². The molecule has 10 heteroatoms. The standard InChI is InChI=1S/C22H18N6O2S2/c1-14-26-27-22(32-14)31-13-17-16-5-2-3-6-18(16)30-20(17)21(29)24-12-15-7-8-19(23-11-15)28-10-4-9-25-28/h2-11H,12-13H2,1H3,(H,24,29). The first-order valence-corrected chi connectivity index (χ1v) is 11.6. The number of hydrogen-bond acceptors (Lipinski definition) is 8. The quantitative estimate of drug-likeness (QED) is 0.358. The molecule has 4 heterocycles. The molecule has 1 N–H and O–H groups in total. The fourth-order valence-corrected chi connectivity index (χ4v) is 5.06. The maximum Gasteiger partial charge on any atom is 0.287 e. The van der Waals surface area contributed by atoms with Gasteiger partial charge in [-0.2, -0.15) is 5.10 Å². The largest absolute Gasteiger partial charge is 0.451 e. The van der Waals surface area contributed by atoms with Crippen LogP contribution in [0.1, 0.15) is 26.7 Å². The summed E-state index contributed by atoms with van der Waals surface area (Å²) in [7, 11) is 0. The van der Waals surface area contributed by atoms with Crippen LogP contribution in [0, 0.1) is 6.92 Å². The second kappa shape index (κ2) is 8.93. The summed E-state index contributed by atoms with van der Waals surface area (Å²) in [6, 6.07) is 13.3. The molecule has 0 spiro atoms. The van der Waals surface area contributed by atoms with Crippen molar-refractivity contribution >= 4 is 40.0 Å². The molecule has 1 amide bonds. The topological polar surface area (TPSA) is 98.7 Å². The summed E-state index contributed by atoms with van der Waals surface area (Å²) in [5.74, 6) is 1.34. The second-order valence-corrected chi connectivity index (χ2v) is 9.34. The van der Waals surface area contributed by atoms with Crippen molar-refractivity contribution in [1.82, 2.24) is 30.3 Å². The van der Waals surface area contributed by atoms with E-state index in [0.717, 1.165) is 25.9 Å². The van der Waals surface area contributed by atoms with E-state index in [1.807, 2.05) is 55.6 Å². The molecule has 0 radical (unpaired) electrons. The molecule has 5 aromatic rings. The third-order valence-electron chi connectivity index (χ3n) is 4.75. The molecule has 0 atom stereocenters. The number of carbonyl (C=O) groups is 1. The Balaban J connectivity index is 1.32. The van der Waals surface area contributed by atoms with E-state index in [-0.39, 0.29) is 5.91 Å². The number of aromatic nitrogens is 5. The summed E-state index contributed by atoms with van der Waals surface area (Å²) in [6.07, 6.45) is 5.25. The van der Waals surface area contributed by atoms with E-state index in [9.17, 15) is 4.79 Å². The van der Waals surface area contributed by atoms with Gasteiger partial charge in [-0.1, -0.05) is 47.4 Å². The van der Waals surface area contributed by atoms with E-state index in [0.29, 0.717) is 29.5 Å². The van der Waals surface area contributed by atoms with Crippen LogP contribution < -0.4 is 5.32 Å². The van der Waals surface area contributed by atoms with Crippen molar-refractivity contribution < 1.29 is 9.21 Å². The highest BCUT2D eigenvalue weighted by Crippen LogP contribution is 2.33. The predicted octanol–water partition coefficient (Wildman–Crippen LogP) is 4.40. The van der Waals surface area contributed by atoms with Gasteiger partial charge in [0.05, 0.1) is 0 Å². The molecule has 0 unspecified atom stereocenters. The lowest BCUT2D eigenvalue weighted by atomic mass is 10.1. The third-order valence-corrected chi connectivity index (χ3v) is 6.75. The van der Waals surface area contributed by atoms with Gasteiger partial charge in [-0.05, 0) is 30.7 Å². The van der Waals surface area contributed by atoms with Crippen LogP contribution in [0.2, 0.25) is 0 Å². The Labute approximate surface area is 191 Å². The van der Waals surface area contributed by atoms with Crippen LogP contribution in [0.5, 0.6) is 0 Å². The average Bonchev–Trinajstić information content (AvgIpc) is 3.56. The van der Waals surface area contributed by atoms with E-state index in [1.165, 1.54) is 11.3 Å². The van der Waals surface area contributed by atoms with E-state index in [2.05, 4.69) is 25.6 Å². The minimum atomic E-state index is -0.263. The van der Waals surface area contributed by atoms with Crippen LogP contribution in [0.15, 0.2) is 69.8 Å². The zero-order valence-electron chi connectivity index (χ0n) is 17.1. The summed E-state index contributed by atoms with van der Waals surface area (Å²) in [6.45, 7) is 2.26. The zero-order valence-corrected chi connectivity index (χ0v) is 18.7. The number of hydrogen-bond donors (Lipinski definition) is 1. The van der Waals surface area contributed by atoms with E-state index < -0.39 is 0 Å². The number of benzene rings is 1. The van der Waals surface area contributed by atoms with Gasteiger partial charge in [0, 0.05) is 41.8 Å². The highest BCUT2D eigenvalue weighted by Gasteiger charge is 2.21. The number of nitrogens with one attached hydrogen (secondary N) is 1. The summed E-state index contributed by atoms with van der Waals surface area (Å²) in [5, 5.41) is 17.2. The molecule has 160 valence electrons. The van der Waals surface area contributed by atoms with Crippen molar-refractivity contribution in [3.05, 3.63) is 82.9 Å². The molecule has 8 nitrogen and oxygen atoms in total. The zero-order chi connectivity index (χ0) is 21.9. The first kappa shape index (κ1) is 20.4. The highest BCUT2D eigenvalue weighted by molar-refractivity contribution is 8.00. The number of thioether (sulfide) groups is 1. The molecule has 32 heavy (non-hydrogen) atoms. The molecule has 0 saturated carbocycles. The molecular weight excluding hydrogens is 444 g/mol. The first-order valence-electron chi connectivity index (χ1n) is 9.84. The second-order valence-electron chi connectivity index (χ2n) is 6.94. The minimum Gasteiger partial charge on any atom is -0.451 e. The number of pyridine rings is 1. The fourth-order valence-electron chi connectivity index (χ4n) is 3.22. The number of fused-ring (bicyclic) bond motifs is 1. The van der Waals surface area contributed by atoms with Crippen molar-refractivity contribution in [3.8, 4) is 5.82 Å². The summed E-state index contributed by atoms with van der Waals surface area (Å²) in [5.41, 5.74) is 2.42. The van der Waals surface area contributed by atoms with E-state index >= 15 is 0 Å². The highest BCUT2D eigenvalue weighted by atomic mass is 32.2. The molecule has 0 saturated heterocycles. The molecule has 1 aromatic carbocycles. The predicted molar refractivity (Wildman–Crippen MR) is 123 cm³/mol. The lowest BCUT2D eigenvalue weighted by Gasteiger charge is -2.06. The lowest BCUT2D eigenvalue weighted by molar-refractivity contribution is 0.0924. The Morgan fingerprint density at radius 2 is 2.09 bits per heavy atom. The van der Waals surface area contributed by atoms with Gasteiger partial charge in [0.1, 0.15) is 10.6 Å². The maximum absolute atomic E-state index is 13.0. The van der Waals surface area contributed by atoms with Gasteiger partial charge in [0.2, 0.25) is 0 Å². The lowest BCUT2D eigenvalue weighted by Crippen LogP contribution is -2.23. The fraction of sp³-hybridized carbons (Fsp3) is 0.136. The Hall–Kier alpha value is -3.50.